The Labute approximate surface area is 211 Å². The van der Waals surface area contributed by atoms with Crippen molar-refractivity contribution in [3.05, 3.63) is 18.2 Å². The number of carboxylic acid groups (broad SMARTS) is 1. The molecular formula is C20H34N10O7. The molecule has 1 heterocycles. The number of H-pyrrole nitrogens is 1. The molecule has 4 atom stereocenters. The van der Waals surface area contributed by atoms with Crippen molar-refractivity contribution in [1.29, 1.82) is 0 Å². The van der Waals surface area contributed by atoms with Gasteiger partial charge in [-0.2, -0.15) is 0 Å². The van der Waals surface area contributed by atoms with E-state index >= 15 is 0 Å². The first-order chi connectivity index (χ1) is 17.4. The number of aromatic amines is 1. The normalized spacial score (nSPS) is 13.9. The van der Waals surface area contributed by atoms with Gasteiger partial charge in [0.1, 0.15) is 18.1 Å². The van der Waals surface area contributed by atoms with Crippen molar-refractivity contribution in [3.8, 4) is 0 Å². The number of primary amides is 1. The molecule has 37 heavy (non-hydrogen) atoms. The van der Waals surface area contributed by atoms with Crippen LogP contribution in [-0.4, -0.2) is 93.1 Å². The van der Waals surface area contributed by atoms with Gasteiger partial charge in [-0.25, -0.2) is 9.78 Å². The first-order valence-corrected chi connectivity index (χ1v) is 11.3. The number of aliphatic hydroxyl groups is 1. The van der Waals surface area contributed by atoms with Gasteiger partial charge in [-0.05, 0) is 19.3 Å². The Hall–Kier alpha value is -4.25. The molecule has 0 fully saturated rings. The summed E-state index contributed by atoms with van der Waals surface area (Å²) in [4.78, 5) is 71.1. The fourth-order valence-corrected chi connectivity index (χ4v) is 3.04. The second-order valence-electron chi connectivity index (χ2n) is 8.05. The van der Waals surface area contributed by atoms with Crippen molar-refractivity contribution in [2.75, 3.05) is 13.2 Å². The lowest BCUT2D eigenvalue weighted by molar-refractivity contribution is -0.143. The minimum atomic E-state index is -1.60. The maximum atomic E-state index is 13.1. The van der Waals surface area contributed by atoms with Crippen LogP contribution >= 0.6 is 0 Å². The number of amides is 4. The summed E-state index contributed by atoms with van der Waals surface area (Å²) in [5, 5.41) is 25.4. The highest BCUT2D eigenvalue weighted by Gasteiger charge is 2.30. The van der Waals surface area contributed by atoms with Crippen LogP contribution in [0.2, 0.25) is 0 Å². The SMILES string of the molecule is NC(=O)CCC(N)C(=O)NC(CCCN=C(N)N)C(=O)NC(Cc1cnc[nH]1)C(=O)NC(CO)C(=O)O. The van der Waals surface area contributed by atoms with Crippen LogP contribution < -0.4 is 38.9 Å². The maximum Gasteiger partial charge on any atom is 0.328 e. The van der Waals surface area contributed by atoms with E-state index in [1.807, 2.05) is 0 Å². The lowest BCUT2D eigenvalue weighted by atomic mass is 10.1. The average Bonchev–Trinajstić information content (AvgIpc) is 3.34. The molecule has 0 aliphatic heterocycles. The van der Waals surface area contributed by atoms with Gasteiger partial charge in [-0.1, -0.05) is 0 Å². The topological polar surface area (TPSA) is 307 Å². The number of hydrogen-bond acceptors (Lipinski definition) is 9. The summed E-state index contributed by atoms with van der Waals surface area (Å²) in [6, 6.07) is -5.23. The van der Waals surface area contributed by atoms with Crippen LogP contribution in [0.3, 0.4) is 0 Å². The number of nitrogens with zero attached hydrogens (tertiary/aromatic N) is 2. The van der Waals surface area contributed by atoms with Gasteiger partial charge in [-0.3, -0.25) is 24.2 Å². The molecule has 0 spiro atoms. The van der Waals surface area contributed by atoms with Crippen LogP contribution in [0.4, 0.5) is 0 Å². The Kier molecular flexibility index (Phi) is 13.0. The Balaban J connectivity index is 3.05. The summed E-state index contributed by atoms with van der Waals surface area (Å²) in [6.07, 6.45) is 2.76. The lowest BCUT2D eigenvalue weighted by Crippen LogP contribution is -2.58. The predicted octanol–water partition coefficient (Wildman–Crippen LogP) is -4.87. The molecule has 1 rings (SSSR count). The largest absolute Gasteiger partial charge is 0.480 e. The molecule has 0 saturated heterocycles. The highest BCUT2D eigenvalue weighted by Crippen LogP contribution is 2.05. The standard InChI is InChI=1S/C20H34N10O7/c21-11(3-4-15(22)32)16(33)28-12(2-1-5-26-20(23)24)17(34)29-13(6-10-7-25-9-27-10)18(35)30-14(8-31)19(36)37/h7,9,11-14,31H,1-6,8,21H2,(H2,22,32)(H,25,27)(H,28,33)(H,29,34)(H,30,35)(H,36,37)(H4,23,24,26). The minimum Gasteiger partial charge on any atom is -0.480 e. The van der Waals surface area contributed by atoms with Crippen LogP contribution in [0, 0.1) is 0 Å². The highest BCUT2D eigenvalue weighted by molar-refractivity contribution is 5.94. The van der Waals surface area contributed by atoms with Crippen molar-refractivity contribution in [3.63, 3.8) is 0 Å². The number of aliphatic carboxylic acids is 1. The molecule has 0 radical (unpaired) electrons. The van der Waals surface area contributed by atoms with E-state index in [1.165, 1.54) is 12.5 Å². The molecule has 0 saturated carbocycles. The Bertz CT molecular complexity index is 949. The van der Waals surface area contributed by atoms with Crippen LogP contribution in [-0.2, 0) is 30.4 Å². The fourth-order valence-electron chi connectivity index (χ4n) is 3.04. The second kappa shape index (κ2) is 15.7. The molecule has 1 aromatic rings. The van der Waals surface area contributed by atoms with Crippen molar-refractivity contribution >= 4 is 35.6 Å². The summed E-state index contributed by atoms with van der Waals surface area (Å²) in [7, 11) is 0. The zero-order valence-electron chi connectivity index (χ0n) is 20.1. The summed E-state index contributed by atoms with van der Waals surface area (Å²) >= 11 is 0. The summed E-state index contributed by atoms with van der Waals surface area (Å²) in [5.41, 5.74) is 21.9. The number of carbonyl (C=O) groups is 5. The van der Waals surface area contributed by atoms with Crippen LogP contribution in [0.5, 0.6) is 0 Å². The summed E-state index contributed by atoms with van der Waals surface area (Å²) in [5.74, 6) is -4.69. The van der Waals surface area contributed by atoms with Gasteiger partial charge in [0.05, 0.1) is 19.0 Å². The molecular weight excluding hydrogens is 492 g/mol. The van der Waals surface area contributed by atoms with E-state index in [4.69, 9.17) is 28.0 Å². The molecule has 4 unspecified atom stereocenters. The third-order valence-corrected chi connectivity index (χ3v) is 5.03. The third kappa shape index (κ3) is 11.8. The number of aromatic nitrogens is 2. The van der Waals surface area contributed by atoms with Crippen LogP contribution in [0.15, 0.2) is 17.5 Å². The van der Waals surface area contributed by atoms with E-state index in [0.717, 1.165) is 0 Å². The van der Waals surface area contributed by atoms with E-state index in [0.29, 0.717) is 5.69 Å². The van der Waals surface area contributed by atoms with Crippen molar-refractivity contribution in [2.45, 2.75) is 56.3 Å². The quantitative estimate of drug-likeness (QED) is 0.0521. The second-order valence-corrected chi connectivity index (χ2v) is 8.05. The molecule has 14 N–H and O–H groups in total. The molecule has 206 valence electrons. The van der Waals surface area contributed by atoms with Gasteiger partial charge in [0, 0.05) is 31.3 Å². The molecule has 17 heteroatoms. The first-order valence-electron chi connectivity index (χ1n) is 11.3. The van der Waals surface area contributed by atoms with Gasteiger partial charge in [0.2, 0.25) is 23.6 Å². The van der Waals surface area contributed by atoms with E-state index in [-0.39, 0.29) is 44.6 Å². The van der Waals surface area contributed by atoms with Crippen LogP contribution in [0.1, 0.15) is 31.4 Å². The van der Waals surface area contributed by atoms with Gasteiger partial charge >= 0.3 is 5.97 Å². The Morgan fingerprint density at radius 1 is 0.973 bits per heavy atom. The number of nitrogens with two attached hydrogens (primary N) is 4. The zero-order chi connectivity index (χ0) is 28.0. The van der Waals surface area contributed by atoms with E-state index in [2.05, 4.69) is 30.9 Å². The van der Waals surface area contributed by atoms with Crippen LogP contribution in [0.25, 0.3) is 0 Å². The zero-order valence-corrected chi connectivity index (χ0v) is 20.1. The van der Waals surface area contributed by atoms with Gasteiger partial charge in [-0.15, -0.1) is 0 Å². The molecule has 0 aliphatic carbocycles. The molecule has 4 amide bonds. The van der Waals surface area contributed by atoms with Gasteiger partial charge < -0.3 is 54.1 Å². The molecule has 0 aliphatic rings. The molecule has 0 bridgehead atoms. The van der Waals surface area contributed by atoms with E-state index < -0.39 is 60.4 Å². The Morgan fingerprint density at radius 2 is 1.59 bits per heavy atom. The number of imidazole rings is 1. The number of carbonyl (C=O) groups excluding carboxylic acids is 4. The van der Waals surface area contributed by atoms with Crippen molar-refractivity contribution < 1.29 is 34.2 Å². The summed E-state index contributed by atoms with van der Waals surface area (Å²) in [6.45, 7) is -0.733. The fraction of sp³-hybridized carbons (Fsp3) is 0.550. The molecule has 17 nitrogen and oxygen atoms in total. The number of hydrogen-bond donors (Lipinski definition) is 10. The number of aliphatic hydroxyl groups excluding tert-OH is 1. The smallest absolute Gasteiger partial charge is 0.328 e. The van der Waals surface area contributed by atoms with Gasteiger partial charge in [0.15, 0.2) is 5.96 Å². The number of rotatable bonds is 17. The maximum absolute atomic E-state index is 13.1. The average molecular weight is 527 g/mol. The number of aliphatic imine (C=N–C) groups is 1. The van der Waals surface area contributed by atoms with Crippen molar-refractivity contribution in [1.82, 2.24) is 25.9 Å². The van der Waals surface area contributed by atoms with Crippen molar-refractivity contribution in [2.24, 2.45) is 27.9 Å². The van der Waals surface area contributed by atoms with E-state index in [9.17, 15) is 29.1 Å². The third-order valence-electron chi connectivity index (χ3n) is 5.03. The Morgan fingerprint density at radius 3 is 2.14 bits per heavy atom. The van der Waals surface area contributed by atoms with Gasteiger partial charge in [0.25, 0.3) is 0 Å². The predicted molar refractivity (Wildman–Crippen MR) is 129 cm³/mol. The lowest BCUT2D eigenvalue weighted by Gasteiger charge is -2.24. The first kappa shape index (κ1) is 30.8. The molecule has 1 aromatic heterocycles. The molecule has 0 aromatic carbocycles. The van der Waals surface area contributed by atoms with E-state index in [1.54, 1.807) is 0 Å². The number of carboxylic acids is 1. The number of guanidine groups is 1. The highest BCUT2D eigenvalue weighted by atomic mass is 16.4. The monoisotopic (exact) mass is 526 g/mol. The summed E-state index contributed by atoms with van der Waals surface area (Å²) < 4.78 is 0. The minimum absolute atomic E-state index is 0.0453. The number of nitrogens with one attached hydrogen (secondary N) is 4.